The molecule has 0 aliphatic heterocycles. The quantitative estimate of drug-likeness (QED) is 0.631. The molecule has 0 amide bonds. The van der Waals surface area contributed by atoms with Gasteiger partial charge in [0.25, 0.3) is 0 Å². The van der Waals surface area contributed by atoms with Crippen LogP contribution >= 0.6 is 24.0 Å². The van der Waals surface area contributed by atoms with Crippen molar-refractivity contribution in [1.82, 2.24) is 0 Å². The number of halogens is 2. The summed E-state index contributed by atoms with van der Waals surface area (Å²) in [5.74, 6) is 0.748. The first-order valence-corrected chi connectivity index (χ1v) is 6.98. The Kier molecular flexibility index (Phi) is 6.81. The van der Waals surface area contributed by atoms with Crippen LogP contribution in [0.3, 0.4) is 0 Å². The van der Waals surface area contributed by atoms with Crippen LogP contribution in [0, 0.1) is 0 Å². The zero-order valence-corrected chi connectivity index (χ0v) is 13.9. The number of phenolic OH excluding ortho intramolecular Hbond substituents is 1. The molecule has 6 heteroatoms. The minimum Gasteiger partial charge on any atom is -0.505 e. The summed E-state index contributed by atoms with van der Waals surface area (Å²) in [7, 11) is 1.61. The number of nitrogens with two attached hydrogens (primary N) is 1. The second-order valence-corrected chi connectivity index (χ2v) is 4.98. The van der Waals surface area contributed by atoms with Crippen molar-refractivity contribution in [2.75, 3.05) is 19.5 Å². The first kappa shape index (κ1) is 18.4. The molecule has 0 aliphatic rings. The molecule has 2 aromatic carbocycles. The maximum Gasteiger partial charge on any atom is 0.144 e. The van der Waals surface area contributed by atoms with Gasteiger partial charge in [-0.3, -0.25) is 0 Å². The average molecular weight is 344 g/mol. The summed E-state index contributed by atoms with van der Waals surface area (Å²) in [4.78, 5) is 0. The van der Waals surface area contributed by atoms with E-state index in [1.54, 1.807) is 13.2 Å². The predicted octanol–water partition coefficient (Wildman–Crippen LogP) is 4.18. The number of anilines is 1. The third-order valence-electron chi connectivity index (χ3n) is 3.17. The number of hydrogen-bond donors (Lipinski definition) is 2. The lowest BCUT2D eigenvalue weighted by molar-refractivity contribution is 0.0895. The molecule has 2 aromatic rings. The molecule has 2 rings (SSSR count). The Hall–Kier alpha value is -1.62. The lowest BCUT2D eigenvalue weighted by Crippen LogP contribution is -2.07. The first-order valence-electron chi connectivity index (χ1n) is 6.60. The standard InChI is InChI=1S/C16H18ClNO3.ClH/c1-3-21-16(10-4-6-12(20-2)7-5-10)13-8-11(17)9-14(18)15(13)19;/h4-9,16,19H,3,18H2,1-2H3;1H. The second-order valence-electron chi connectivity index (χ2n) is 4.54. The fourth-order valence-electron chi connectivity index (χ4n) is 2.15. The van der Waals surface area contributed by atoms with Gasteiger partial charge in [0.1, 0.15) is 17.6 Å². The van der Waals surface area contributed by atoms with E-state index in [4.69, 9.17) is 26.8 Å². The summed E-state index contributed by atoms with van der Waals surface area (Å²) in [5, 5.41) is 10.6. The lowest BCUT2D eigenvalue weighted by atomic mass is 9.99. The van der Waals surface area contributed by atoms with E-state index in [0.29, 0.717) is 17.2 Å². The monoisotopic (exact) mass is 343 g/mol. The molecule has 0 aliphatic carbocycles. The van der Waals surface area contributed by atoms with Gasteiger partial charge in [-0.2, -0.15) is 0 Å². The number of methoxy groups -OCH3 is 1. The minimum absolute atomic E-state index is 0. The Labute approximate surface area is 141 Å². The Balaban J connectivity index is 0.00000242. The Morgan fingerprint density at radius 2 is 1.86 bits per heavy atom. The van der Waals surface area contributed by atoms with Crippen molar-refractivity contribution in [3.8, 4) is 11.5 Å². The van der Waals surface area contributed by atoms with Crippen molar-refractivity contribution in [3.05, 3.63) is 52.5 Å². The maximum absolute atomic E-state index is 10.2. The molecule has 0 aromatic heterocycles. The van der Waals surface area contributed by atoms with E-state index in [0.717, 1.165) is 11.3 Å². The summed E-state index contributed by atoms with van der Waals surface area (Å²) >= 11 is 6.03. The van der Waals surface area contributed by atoms with Crippen LogP contribution in [-0.2, 0) is 4.74 Å². The average Bonchev–Trinajstić information content (AvgIpc) is 2.49. The molecule has 0 fully saturated rings. The SMILES string of the molecule is CCOC(c1ccc(OC)cc1)c1cc(Cl)cc(N)c1O.Cl. The third-order valence-corrected chi connectivity index (χ3v) is 3.39. The fourth-order valence-corrected chi connectivity index (χ4v) is 2.39. The number of hydrogen-bond acceptors (Lipinski definition) is 4. The highest BCUT2D eigenvalue weighted by atomic mass is 35.5. The van der Waals surface area contributed by atoms with E-state index < -0.39 is 6.10 Å². The molecule has 0 radical (unpaired) electrons. The Bertz CT molecular complexity index is 618. The summed E-state index contributed by atoms with van der Waals surface area (Å²) in [5.41, 5.74) is 7.43. The van der Waals surface area contributed by atoms with Crippen LogP contribution in [-0.4, -0.2) is 18.8 Å². The van der Waals surface area contributed by atoms with Gasteiger partial charge in [-0.05, 0) is 36.8 Å². The third kappa shape index (κ3) is 3.97. The molecule has 22 heavy (non-hydrogen) atoms. The molecular weight excluding hydrogens is 325 g/mol. The zero-order valence-electron chi connectivity index (χ0n) is 12.4. The molecule has 3 N–H and O–H groups in total. The highest BCUT2D eigenvalue weighted by molar-refractivity contribution is 6.31. The first-order chi connectivity index (χ1) is 10.1. The molecule has 4 nitrogen and oxygen atoms in total. The molecular formula is C16H19Cl2NO3. The smallest absolute Gasteiger partial charge is 0.144 e. The molecule has 1 unspecified atom stereocenters. The van der Waals surface area contributed by atoms with Crippen LogP contribution in [0.1, 0.15) is 24.2 Å². The molecule has 0 heterocycles. The van der Waals surface area contributed by atoms with Gasteiger partial charge in [0.05, 0.1) is 12.8 Å². The predicted molar refractivity (Wildman–Crippen MR) is 91.2 cm³/mol. The number of benzene rings is 2. The molecule has 0 bridgehead atoms. The number of nitrogen functional groups attached to an aromatic ring is 1. The van der Waals surface area contributed by atoms with Crippen molar-refractivity contribution in [2.45, 2.75) is 13.0 Å². The van der Waals surface area contributed by atoms with Gasteiger partial charge >= 0.3 is 0 Å². The van der Waals surface area contributed by atoms with E-state index in [1.165, 1.54) is 6.07 Å². The van der Waals surface area contributed by atoms with Gasteiger partial charge in [0.2, 0.25) is 0 Å². The van der Waals surface area contributed by atoms with Crippen LogP contribution in [0.4, 0.5) is 5.69 Å². The van der Waals surface area contributed by atoms with Crippen LogP contribution in [0.5, 0.6) is 11.5 Å². The summed E-state index contributed by atoms with van der Waals surface area (Å²) in [6.45, 7) is 2.38. The maximum atomic E-state index is 10.2. The van der Waals surface area contributed by atoms with Crippen LogP contribution in [0.25, 0.3) is 0 Å². The van der Waals surface area contributed by atoms with E-state index in [-0.39, 0.29) is 23.8 Å². The molecule has 1 atom stereocenters. The van der Waals surface area contributed by atoms with E-state index in [1.807, 2.05) is 31.2 Å². The van der Waals surface area contributed by atoms with Gasteiger partial charge < -0.3 is 20.3 Å². The molecule has 0 saturated carbocycles. The van der Waals surface area contributed by atoms with Gasteiger partial charge in [0.15, 0.2) is 0 Å². The highest BCUT2D eigenvalue weighted by Gasteiger charge is 2.20. The minimum atomic E-state index is -0.443. The van der Waals surface area contributed by atoms with Crippen molar-refractivity contribution < 1.29 is 14.6 Å². The zero-order chi connectivity index (χ0) is 15.4. The van der Waals surface area contributed by atoms with Gasteiger partial charge in [-0.15, -0.1) is 12.4 Å². The van der Waals surface area contributed by atoms with E-state index in [2.05, 4.69) is 0 Å². The molecule has 0 spiro atoms. The number of aromatic hydroxyl groups is 1. The number of rotatable bonds is 5. The van der Waals surface area contributed by atoms with Crippen molar-refractivity contribution in [1.29, 1.82) is 0 Å². The van der Waals surface area contributed by atoms with E-state index >= 15 is 0 Å². The Morgan fingerprint density at radius 3 is 2.41 bits per heavy atom. The van der Waals surface area contributed by atoms with Gasteiger partial charge in [-0.25, -0.2) is 0 Å². The van der Waals surface area contributed by atoms with Crippen molar-refractivity contribution in [3.63, 3.8) is 0 Å². The normalized spacial score (nSPS) is 11.6. The van der Waals surface area contributed by atoms with Crippen LogP contribution < -0.4 is 10.5 Å². The Morgan fingerprint density at radius 1 is 1.23 bits per heavy atom. The van der Waals surface area contributed by atoms with Crippen LogP contribution in [0.2, 0.25) is 5.02 Å². The molecule has 120 valence electrons. The van der Waals surface area contributed by atoms with Gasteiger partial charge in [0, 0.05) is 17.2 Å². The summed E-state index contributed by atoms with van der Waals surface area (Å²) in [6, 6.07) is 10.6. The number of ether oxygens (including phenoxy) is 2. The highest BCUT2D eigenvalue weighted by Crippen LogP contribution is 2.38. The van der Waals surface area contributed by atoms with E-state index in [9.17, 15) is 5.11 Å². The van der Waals surface area contributed by atoms with Gasteiger partial charge in [-0.1, -0.05) is 23.7 Å². The van der Waals surface area contributed by atoms with Crippen molar-refractivity contribution in [2.24, 2.45) is 0 Å². The lowest BCUT2D eigenvalue weighted by Gasteiger charge is -2.20. The number of phenols is 1. The summed E-state index contributed by atoms with van der Waals surface area (Å²) < 4.78 is 10.9. The topological polar surface area (TPSA) is 64.7 Å². The second kappa shape index (κ2) is 8.13. The van der Waals surface area contributed by atoms with Crippen LogP contribution in [0.15, 0.2) is 36.4 Å². The van der Waals surface area contributed by atoms with Crippen molar-refractivity contribution >= 4 is 29.7 Å². The molecule has 0 saturated heterocycles. The fraction of sp³-hybridized carbons (Fsp3) is 0.250. The largest absolute Gasteiger partial charge is 0.505 e. The summed E-state index contributed by atoms with van der Waals surface area (Å²) in [6.07, 6.45) is -0.443.